The Morgan fingerprint density at radius 1 is 1.30 bits per heavy atom. The molecule has 0 spiro atoms. The van der Waals surface area contributed by atoms with Gasteiger partial charge in [0.05, 0.1) is 5.92 Å². The van der Waals surface area contributed by atoms with Gasteiger partial charge in [0.2, 0.25) is 0 Å². The van der Waals surface area contributed by atoms with Crippen LogP contribution in [0.4, 0.5) is 0 Å². The summed E-state index contributed by atoms with van der Waals surface area (Å²) in [5.74, 6) is -0.654. The molecule has 1 rings (SSSR count). The molecular weight excluding hydrogens is 252 g/mol. The molecule has 0 saturated carbocycles. The van der Waals surface area contributed by atoms with Crippen molar-refractivity contribution < 1.29 is 14.3 Å². The smallest absolute Gasteiger partial charge is 0.313 e. The predicted octanol–water partition coefficient (Wildman–Crippen LogP) is 4.19. The highest BCUT2D eigenvalue weighted by Crippen LogP contribution is 2.41. The first-order valence-corrected chi connectivity index (χ1v) is 7.29. The van der Waals surface area contributed by atoms with Crippen molar-refractivity contribution >= 4 is 11.8 Å². The van der Waals surface area contributed by atoms with E-state index in [2.05, 4.69) is 20.8 Å². The van der Waals surface area contributed by atoms with Crippen molar-refractivity contribution in [2.45, 2.75) is 60.8 Å². The molecule has 112 valence electrons. The number of ketones is 1. The number of esters is 1. The Balaban J connectivity index is 3.13. The Morgan fingerprint density at radius 2 is 1.90 bits per heavy atom. The van der Waals surface area contributed by atoms with Crippen LogP contribution in [0.1, 0.15) is 60.8 Å². The molecule has 20 heavy (non-hydrogen) atoms. The van der Waals surface area contributed by atoms with Gasteiger partial charge in [0, 0.05) is 6.92 Å². The lowest BCUT2D eigenvalue weighted by molar-refractivity contribution is -0.145. The molecule has 0 bridgehead atoms. The van der Waals surface area contributed by atoms with Crippen molar-refractivity contribution in [3.63, 3.8) is 0 Å². The fourth-order valence-corrected chi connectivity index (χ4v) is 2.52. The van der Waals surface area contributed by atoms with Crippen molar-refractivity contribution in [2.75, 3.05) is 0 Å². The van der Waals surface area contributed by atoms with Crippen molar-refractivity contribution in [3.8, 4) is 0 Å². The minimum atomic E-state index is -0.363. The summed E-state index contributed by atoms with van der Waals surface area (Å²) in [6.07, 6.45) is 5.06. The zero-order valence-electron chi connectivity index (χ0n) is 13.5. The average Bonchev–Trinajstić information content (AvgIpc) is 2.31. The van der Waals surface area contributed by atoms with Crippen LogP contribution in [0, 0.1) is 11.3 Å². The third-order valence-corrected chi connectivity index (χ3v) is 3.85. The third-order valence-electron chi connectivity index (χ3n) is 3.85. The van der Waals surface area contributed by atoms with E-state index in [1.54, 1.807) is 19.9 Å². The molecule has 0 aromatic carbocycles. The fourth-order valence-electron chi connectivity index (χ4n) is 2.52. The van der Waals surface area contributed by atoms with Crippen LogP contribution in [0.15, 0.2) is 23.0 Å². The molecule has 3 heteroatoms. The first kappa shape index (κ1) is 16.7. The molecule has 1 aliphatic carbocycles. The van der Waals surface area contributed by atoms with Gasteiger partial charge in [-0.05, 0) is 43.3 Å². The normalized spacial score (nSPS) is 19.2. The Labute approximate surface area is 122 Å². The first-order valence-electron chi connectivity index (χ1n) is 7.29. The Hall–Kier alpha value is -1.38. The van der Waals surface area contributed by atoms with Crippen LogP contribution >= 0.6 is 0 Å². The maximum Gasteiger partial charge on any atom is 0.313 e. The molecule has 3 nitrogen and oxygen atoms in total. The number of ether oxygens (including phenoxy) is 1. The summed E-state index contributed by atoms with van der Waals surface area (Å²) in [6, 6.07) is 0. The highest BCUT2D eigenvalue weighted by atomic mass is 16.5. The van der Waals surface area contributed by atoms with E-state index in [0.29, 0.717) is 0 Å². The van der Waals surface area contributed by atoms with E-state index < -0.39 is 0 Å². The maximum atomic E-state index is 11.7. The molecule has 0 atom stereocenters. The zero-order chi connectivity index (χ0) is 15.5. The fraction of sp³-hybridized carbons (Fsp3) is 0.647. The van der Waals surface area contributed by atoms with Crippen LogP contribution in [-0.2, 0) is 14.3 Å². The zero-order valence-corrected chi connectivity index (χ0v) is 13.5. The molecule has 0 unspecified atom stereocenters. The average molecular weight is 278 g/mol. The molecule has 1 aliphatic rings. The van der Waals surface area contributed by atoms with Gasteiger partial charge < -0.3 is 4.74 Å². The SMILES string of the molecule is CC(=O)/C(=C\C1=C(C)CCCC1(C)C)OC(=O)C(C)C. The van der Waals surface area contributed by atoms with Crippen LogP contribution < -0.4 is 0 Å². The minimum absolute atomic E-state index is 0.0211. The second-order valence-electron chi connectivity index (χ2n) is 6.57. The van der Waals surface area contributed by atoms with Crippen molar-refractivity contribution in [1.29, 1.82) is 0 Å². The Bertz CT molecular complexity index is 465. The maximum absolute atomic E-state index is 11.7. The van der Waals surface area contributed by atoms with E-state index in [4.69, 9.17) is 4.74 Å². The minimum Gasteiger partial charge on any atom is -0.423 e. The van der Waals surface area contributed by atoms with Crippen LogP contribution in [-0.4, -0.2) is 11.8 Å². The van der Waals surface area contributed by atoms with Crippen LogP contribution in [0.2, 0.25) is 0 Å². The van der Waals surface area contributed by atoms with Gasteiger partial charge in [-0.1, -0.05) is 33.3 Å². The van der Waals surface area contributed by atoms with Gasteiger partial charge in [-0.3, -0.25) is 9.59 Å². The summed E-state index contributed by atoms with van der Waals surface area (Å²) in [7, 11) is 0. The Morgan fingerprint density at radius 3 is 2.35 bits per heavy atom. The number of Topliss-reactive ketones (excluding diaryl/α,β-unsaturated/α-hetero) is 1. The van der Waals surface area contributed by atoms with E-state index in [9.17, 15) is 9.59 Å². The standard InChI is InChI=1S/C17H26O3/c1-11(2)16(19)20-15(13(4)18)10-14-12(3)8-7-9-17(14,5)6/h10-11H,7-9H2,1-6H3/b15-10+. The van der Waals surface area contributed by atoms with E-state index in [-0.39, 0.29) is 28.8 Å². The largest absolute Gasteiger partial charge is 0.423 e. The first-order chi connectivity index (χ1) is 9.15. The lowest BCUT2D eigenvalue weighted by atomic mass is 9.72. The molecule has 0 aliphatic heterocycles. The molecule has 0 heterocycles. The lowest BCUT2D eigenvalue weighted by Gasteiger charge is -2.33. The van der Waals surface area contributed by atoms with Gasteiger partial charge in [0.1, 0.15) is 0 Å². The summed E-state index contributed by atoms with van der Waals surface area (Å²) < 4.78 is 5.26. The number of carbonyl (C=O) groups is 2. The predicted molar refractivity (Wildman–Crippen MR) is 80.0 cm³/mol. The molecule has 0 radical (unpaired) electrons. The van der Waals surface area contributed by atoms with Crippen LogP contribution in [0.3, 0.4) is 0 Å². The topological polar surface area (TPSA) is 43.4 Å². The van der Waals surface area contributed by atoms with E-state index >= 15 is 0 Å². The number of allylic oxidation sites excluding steroid dienone is 4. The molecule has 0 amide bonds. The van der Waals surface area contributed by atoms with Gasteiger partial charge in [0.15, 0.2) is 11.5 Å². The number of hydrogen-bond acceptors (Lipinski definition) is 3. The summed E-state index contributed by atoms with van der Waals surface area (Å²) in [5.41, 5.74) is 2.43. The second-order valence-corrected chi connectivity index (χ2v) is 6.57. The molecule has 0 fully saturated rings. The molecule has 0 N–H and O–H groups in total. The van der Waals surface area contributed by atoms with Crippen molar-refractivity contribution in [2.24, 2.45) is 11.3 Å². The highest BCUT2D eigenvalue weighted by molar-refractivity contribution is 5.94. The lowest BCUT2D eigenvalue weighted by Crippen LogP contribution is -2.21. The van der Waals surface area contributed by atoms with Crippen LogP contribution in [0.25, 0.3) is 0 Å². The number of hydrogen-bond donors (Lipinski definition) is 0. The molecule has 0 aromatic rings. The van der Waals surface area contributed by atoms with E-state index in [0.717, 1.165) is 24.8 Å². The highest BCUT2D eigenvalue weighted by Gasteiger charge is 2.28. The molecule has 0 aromatic heterocycles. The van der Waals surface area contributed by atoms with Crippen molar-refractivity contribution in [3.05, 3.63) is 23.0 Å². The van der Waals surface area contributed by atoms with Gasteiger partial charge in [-0.2, -0.15) is 0 Å². The quantitative estimate of drug-likeness (QED) is 0.440. The summed E-state index contributed by atoms with van der Waals surface area (Å²) >= 11 is 0. The van der Waals surface area contributed by atoms with Crippen molar-refractivity contribution in [1.82, 2.24) is 0 Å². The van der Waals surface area contributed by atoms with Gasteiger partial charge in [-0.25, -0.2) is 0 Å². The number of carbonyl (C=O) groups excluding carboxylic acids is 2. The van der Waals surface area contributed by atoms with E-state index in [1.165, 1.54) is 12.5 Å². The second kappa shape index (κ2) is 6.38. The van der Waals surface area contributed by atoms with Crippen LogP contribution in [0.5, 0.6) is 0 Å². The number of rotatable bonds is 4. The van der Waals surface area contributed by atoms with Gasteiger partial charge in [0.25, 0.3) is 0 Å². The molecular formula is C17H26O3. The summed E-state index contributed by atoms with van der Waals surface area (Å²) in [4.78, 5) is 23.4. The van der Waals surface area contributed by atoms with Gasteiger partial charge >= 0.3 is 5.97 Å². The monoisotopic (exact) mass is 278 g/mol. The van der Waals surface area contributed by atoms with E-state index in [1.807, 2.05) is 0 Å². The van der Waals surface area contributed by atoms with Gasteiger partial charge in [-0.15, -0.1) is 0 Å². The summed E-state index contributed by atoms with van der Waals surface area (Å²) in [5, 5.41) is 0. The summed E-state index contributed by atoms with van der Waals surface area (Å²) in [6.45, 7) is 11.4. The Kier molecular flexibility index (Phi) is 5.32. The third kappa shape index (κ3) is 4.06. The molecule has 0 saturated heterocycles.